The predicted octanol–water partition coefficient (Wildman–Crippen LogP) is 1.67. The van der Waals surface area contributed by atoms with Gasteiger partial charge in [0.2, 0.25) is 0 Å². The fraction of sp³-hybridized carbons (Fsp3) is 0.222. The summed E-state index contributed by atoms with van der Waals surface area (Å²) in [6.07, 6.45) is 1.06. The van der Waals surface area contributed by atoms with Gasteiger partial charge in [-0.05, 0) is 12.1 Å². The smallest absolute Gasteiger partial charge is 0.308 e. The van der Waals surface area contributed by atoms with E-state index >= 15 is 0 Å². The average Bonchev–Trinajstić information content (AvgIpc) is 1.99. The van der Waals surface area contributed by atoms with Crippen molar-refractivity contribution in [2.45, 2.75) is 11.8 Å². The topological polar surface area (TPSA) is 60.4 Å². The molecule has 0 N–H and O–H groups in total. The van der Waals surface area contributed by atoms with E-state index in [1.165, 1.54) is 25.1 Å². The Labute approximate surface area is 92.7 Å². The van der Waals surface area contributed by atoms with Gasteiger partial charge in [0.1, 0.15) is 5.75 Å². The summed E-state index contributed by atoms with van der Waals surface area (Å²) in [5, 5.41) is 0.0382. The van der Waals surface area contributed by atoms with Gasteiger partial charge in [-0.1, -0.05) is 11.6 Å². The van der Waals surface area contributed by atoms with Crippen LogP contribution in [0.5, 0.6) is 5.75 Å². The highest BCUT2D eigenvalue weighted by Crippen LogP contribution is 2.26. The number of benzene rings is 1. The fourth-order valence-corrected chi connectivity index (χ4v) is 2.33. The fourth-order valence-electron chi connectivity index (χ4n) is 1.01. The molecule has 0 amide bonds. The summed E-state index contributed by atoms with van der Waals surface area (Å²) in [6, 6.07) is 3.97. The SMILES string of the molecule is CC(=O)Oc1ccc(S(C)(=O)=O)c(Cl)c1. The molecule has 0 fully saturated rings. The third-order valence-corrected chi connectivity index (χ3v) is 3.14. The van der Waals surface area contributed by atoms with Crippen molar-refractivity contribution in [2.75, 3.05) is 6.26 Å². The standard InChI is InChI=1S/C9H9ClO4S/c1-6(11)14-7-3-4-9(8(10)5-7)15(2,12)13/h3-5H,1-2H3. The maximum absolute atomic E-state index is 11.2. The third-order valence-electron chi connectivity index (χ3n) is 1.56. The van der Waals surface area contributed by atoms with Gasteiger partial charge in [-0.3, -0.25) is 4.79 Å². The van der Waals surface area contributed by atoms with Crippen molar-refractivity contribution in [3.05, 3.63) is 23.2 Å². The maximum atomic E-state index is 11.2. The molecule has 4 nitrogen and oxygen atoms in total. The van der Waals surface area contributed by atoms with Gasteiger partial charge in [-0.2, -0.15) is 0 Å². The van der Waals surface area contributed by atoms with Crippen molar-refractivity contribution in [2.24, 2.45) is 0 Å². The molecule has 0 aromatic heterocycles. The van der Waals surface area contributed by atoms with E-state index in [0.29, 0.717) is 0 Å². The van der Waals surface area contributed by atoms with Crippen LogP contribution in [0.2, 0.25) is 5.02 Å². The molecule has 0 heterocycles. The Hall–Kier alpha value is -1.07. The van der Waals surface area contributed by atoms with Crippen LogP contribution in [0.4, 0.5) is 0 Å². The van der Waals surface area contributed by atoms with Gasteiger partial charge >= 0.3 is 5.97 Å². The quantitative estimate of drug-likeness (QED) is 0.590. The van der Waals surface area contributed by atoms with E-state index in [2.05, 4.69) is 0 Å². The zero-order valence-electron chi connectivity index (χ0n) is 8.15. The molecule has 0 aliphatic heterocycles. The molecule has 0 aliphatic rings. The van der Waals surface area contributed by atoms with Gasteiger partial charge in [0.05, 0.1) is 9.92 Å². The van der Waals surface area contributed by atoms with Crippen LogP contribution in [0.25, 0.3) is 0 Å². The van der Waals surface area contributed by atoms with Crippen LogP contribution in [-0.4, -0.2) is 20.6 Å². The first-order chi connectivity index (χ1) is 6.80. The van der Waals surface area contributed by atoms with Gasteiger partial charge < -0.3 is 4.74 Å². The number of rotatable bonds is 2. The second-order valence-corrected chi connectivity index (χ2v) is 5.35. The van der Waals surface area contributed by atoms with Crippen molar-refractivity contribution >= 4 is 27.4 Å². The van der Waals surface area contributed by atoms with E-state index in [-0.39, 0.29) is 15.7 Å². The molecule has 15 heavy (non-hydrogen) atoms. The Morgan fingerprint density at radius 1 is 1.40 bits per heavy atom. The average molecular weight is 249 g/mol. The Kier molecular flexibility index (Phi) is 3.36. The van der Waals surface area contributed by atoms with E-state index in [1.807, 2.05) is 0 Å². The highest BCUT2D eigenvalue weighted by atomic mass is 35.5. The largest absolute Gasteiger partial charge is 0.427 e. The molecule has 0 spiro atoms. The molecule has 1 aromatic rings. The summed E-state index contributed by atoms with van der Waals surface area (Å²) in [5.41, 5.74) is 0. The van der Waals surface area contributed by atoms with Crippen molar-refractivity contribution in [3.63, 3.8) is 0 Å². The predicted molar refractivity (Wildman–Crippen MR) is 55.9 cm³/mol. The van der Waals surface area contributed by atoms with Gasteiger partial charge in [-0.25, -0.2) is 8.42 Å². The van der Waals surface area contributed by atoms with Gasteiger partial charge in [0.15, 0.2) is 9.84 Å². The molecule has 82 valence electrons. The monoisotopic (exact) mass is 248 g/mol. The van der Waals surface area contributed by atoms with Crippen LogP contribution >= 0.6 is 11.6 Å². The number of sulfone groups is 1. The molecule has 0 unspecified atom stereocenters. The Morgan fingerprint density at radius 3 is 2.40 bits per heavy atom. The van der Waals surface area contributed by atoms with E-state index in [0.717, 1.165) is 6.26 Å². The number of hydrogen-bond acceptors (Lipinski definition) is 4. The first-order valence-corrected chi connectivity index (χ1v) is 6.25. The first kappa shape index (κ1) is 12.0. The van der Waals surface area contributed by atoms with Crippen LogP contribution in [0.15, 0.2) is 23.1 Å². The number of esters is 1. The van der Waals surface area contributed by atoms with Gasteiger partial charge in [0.25, 0.3) is 0 Å². The van der Waals surface area contributed by atoms with E-state index in [9.17, 15) is 13.2 Å². The van der Waals surface area contributed by atoms with E-state index in [4.69, 9.17) is 16.3 Å². The lowest BCUT2D eigenvalue weighted by Gasteiger charge is -2.04. The lowest BCUT2D eigenvalue weighted by Crippen LogP contribution is -2.03. The second-order valence-electron chi connectivity index (χ2n) is 2.96. The number of halogens is 1. The zero-order chi connectivity index (χ0) is 11.6. The minimum Gasteiger partial charge on any atom is -0.427 e. The molecule has 0 radical (unpaired) electrons. The Bertz CT molecular complexity index is 493. The summed E-state index contributed by atoms with van der Waals surface area (Å²) in [7, 11) is -3.35. The summed E-state index contributed by atoms with van der Waals surface area (Å²) in [5.74, 6) is -0.266. The molecule has 6 heteroatoms. The normalized spacial score (nSPS) is 11.1. The molecule has 1 aromatic carbocycles. The number of hydrogen-bond donors (Lipinski definition) is 0. The molecular formula is C9H9ClO4S. The van der Waals surface area contributed by atoms with Crippen LogP contribution in [0.3, 0.4) is 0 Å². The van der Waals surface area contributed by atoms with Crippen LogP contribution in [0.1, 0.15) is 6.92 Å². The highest BCUT2D eigenvalue weighted by Gasteiger charge is 2.13. The minimum atomic E-state index is -3.35. The summed E-state index contributed by atoms with van der Waals surface area (Å²) in [4.78, 5) is 10.6. The zero-order valence-corrected chi connectivity index (χ0v) is 9.72. The van der Waals surface area contributed by atoms with Crippen molar-refractivity contribution in [3.8, 4) is 5.75 Å². The lowest BCUT2D eigenvalue weighted by molar-refractivity contribution is -0.131. The first-order valence-electron chi connectivity index (χ1n) is 3.99. The van der Waals surface area contributed by atoms with Crippen LogP contribution < -0.4 is 4.74 Å². The second kappa shape index (κ2) is 4.20. The number of carbonyl (C=O) groups is 1. The van der Waals surface area contributed by atoms with Gasteiger partial charge in [0, 0.05) is 19.2 Å². The van der Waals surface area contributed by atoms with Crippen molar-refractivity contribution in [1.29, 1.82) is 0 Å². The summed E-state index contributed by atoms with van der Waals surface area (Å²) in [6.45, 7) is 1.25. The molecule has 1 rings (SSSR count). The third kappa shape index (κ3) is 3.21. The van der Waals surface area contributed by atoms with Crippen LogP contribution in [-0.2, 0) is 14.6 Å². The molecule has 0 aliphatic carbocycles. The summed E-state index contributed by atoms with van der Waals surface area (Å²) >= 11 is 5.73. The highest BCUT2D eigenvalue weighted by molar-refractivity contribution is 7.90. The summed E-state index contributed by atoms with van der Waals surface area (Å²) < 4.78 is 27.1. The van der Waals surface area contributed by atoms with Gasteiger partial charge in [-0.15, -0.1) is 0 Å². The number of ether oxygens (including phenoxy) is 1. The van der Waals surface area contributed by atoms with Crippen molar-refractivity contribution < 1.29 is 17.9 Å². The molecule has 0 saturated carbocycles. The van der Waals surface area contributed by atoms with Crippen LogP contribution in [0, 0.1) is 0 Å². The molecule has 0 atom stereocenters. The van der Waals surface area contributed by atoms with E-state index < -0.39 is 15.8 Å². The Balaban J connectivity index is 3.15. The maximum Gasteiger partial charge on any atom is 0.308 e. The van der Waals surface area contributed by atoms with E-state index in [1.54, 1.807) is 0 Å². The lowest BCUT2D eigenvalue weighted by atomic mass is 10.3. The van der Waals surface area contributed by atoms with Crippen molar-refractivity contribution in [1.82, 2.24) is 0 Å². The number of carbonyl (C=O) groups excluding carboxylic acids is 1. The Morgan fingerprint density at radius 2 is 2.00 bits per heavy atom. The molecule has 0 saturated heterocycles. The minimum absolute atomic E-state index is 0.0140. The molecular weight excluding hydrogens is 240 g/mol. The molecule has 0 bridgehead atoms.